The third-order valence-electron chi connectivity index (χ3n) is 7.07. The zero-order chi connectivity index (χ0) is 23.6. The van der Waals surface area contributed by atoms with Crippen molar-refractivity contribution in [3.63, 3.8) is 0 Å². The summed E-state index contributed by atoms with van der Waals surface area (Å²) >= 11 is 0. The van der Waals surface area contributed by atoms with Gasteiger partial charge in [-0.1, -0.05) is 72.1 Å². The van der Waals surface area contributed by atoms with Gasteiger partial charge >= 0.3 is 0 Å². The van der Waals surface area contributed by atoms with E-state index in [1.54, 1.807) is 0 Å². The number of hydrogen-bond donors (Lipinski definition) is 0. The summed E-state index contributed by atoms with van der Waals surface area (Å²) in [7, 11) is 0. The van der Waals surface area contributed by atoms with E-state index < -0.39 is 0 Å². The summed E-state index contributed by atoms with van der Waals surface area (Å²) < 4.78 is 9.44. The standard InChI is InChI=1S/C31H19N4O.Ir/c1-2-8-22(9-3-1)34-27-13-7-6-11-24(27)26-17-20(14-15-28(26)34)16-21-18-29-23-10-4-5-12-25(23)31-30(19-36-33-31)35(29)32-21;/h1-15,17-18H,16H2;/q-1;. The van der Waals surface area contributed by atoms with Crippen molar-refractivity contribution in [3.8, 4) is 5.69 Å². The van der Waals surface area contributed by atoms with Crippen molar-refractivity contribution in [2.75, 3.05) is 0 Å². The molecule has 4 heterocycles. The van der Waals surface area contributed by atoms with Gasteiger partial charge in [-0.15, -0.1) is 0 Å². The van der Waals surface area contributed by atoms with E-state index in [9.17, 15) is 0 Å². The van der Waals surface area contributed by atoms with Gasteiger partial charge in [0.2, 0.25) is 0 Å². The maximum atomic E-state index is 5.20. The van der Waals surface area contributed by atoms with Crippen molar-refractivity contribution in [2.45, 2.75) is 6.42 Å². The molecule has 4 aromatic heterocycles. The average Bonchev–Trinajstić information content (AvgIpc) is 3.65. The van der Waals surface area contributed by atoms with Crippen LogP contribution in [0.5, 0.6) is 0 Å². The van der Waals surface area contributed by atoms with Crippen LogP contribution < -0.4 is 0 Å². The van der Waals surface area contributed by atoms with Crippen LogP contribution in [0.4, 0.5) is 0 Å². The summed E-state index contributed by atoms with van der Waals surface area (Å²) in [5.41, 5.74) is 8.37. The first-order valence-corrected chi connectivity index (χ1v) is 12.0. The van der Waals surface area contributed by atoms with Crippen LogP contribution in [0.15, 0.2) is 108 Å². The smallest absolute Gasteiger partial charge is 0.0701 e. The molecule has 0 unspecified atom stereocenters. The van der Waals surface area contributed by atoms with Crippen LogP contribution in [-0.4, -0.2) is 19.3 Å². The van der Waals surface area contributed by atoms with Crippen molar-refractivity contribution in [3.05, 3.63) is 121 Å². The van der Waals surface area contributed by atoms with Crippen LogP contribution in [0, 0.1) is 6.26 Å². The van der Waals surface area contributed by atoms with Gasteiger partial charge in [0.15, 0.2) is 0 Å². The Bertz CT molecular complexity index is 2090. The molecular weight excluding hydrogens is 637 g/mol. The molecule has 37 heavy (non-hydrogen) atoms. The first-order chi connectivity index (χ1) is 17.8. The molecule has 0 aliphatic carbocycles. The fraction of sp³-hybridized carbons (Fsp3) is 0.0323. The maximum absolute atomic E-state index is 5.20. The van der Waals surface area contributed by atoms with Crippen molar-refractivity contribution in [1.29, 1.82) is 0 Å². The van der Waals surface area contributed by atoms with E-state index in [0.717, 1.165) is 45.1 Å². The largest absolute Gasteiger partial charge is 0.478 e. The van der Waals surface area contributed by atoms with E-state index in [1.807, 2.05) is 16.6 Å². The van der Waals surface area contributed by atoms with Gasteiger partial charge in [0, 0.05) is 43.0 Å². The Balaban J connectivity index is 0.00000231. The van der Waals surface area contributed by atoms with Crippen molar-refractivity contribution < 1.29 is 24.6 Å². The number of rotatable bonds is 3. The normalized spacial score (nSPS) is 11.7. The van der Waals surface area contributed by atoms with Crippen molar-refractivity contribution in [1.82, 2.24) is 19.3 Å². The minimum atomic E-state index is 0. The van der Waals surface area contributed by atoms with Gasteiger partial charge in [-0.25, -0.2) is 5.16 Å². The molecule has 0 saturated heterocycles. The van der Waals surface area contributed by atoms with Crippen LogP contribution >= 0.6 is 0 Å². The molecule has 0 amide bonds. The van der Waals surface area contributed by atoms with E-state index in [1.165, 1.54) is 27.4 Å². The summed E-state index contributed by atoms with van der Waals surface area (Å²) in [6.45, 7) is 0. The van der Waals surface area contributed by atoms with Crippen LogP contribution in [0.3, 0.4) is 0 Å². The van der Waals surface area contributed by atoms with E-state index in [2.05, 4.69) is 107 Å². The quantitative estimate of drug-likeness (QED) is 0.191. The SMILES string of the molecule is [Ir].[c-]1onc2c3ccccc3c3cc(Cc4ccc5c(c4)c4ccccc4n5-c4ccccc4)nn3c12. The number of fused-ring (bicyclic) bond motifs is 9. The van der Waals surface area contributed by atoms with Crippen LogP contribution in [0.2, 0.25) is 0 Å². The molecule has 0 fully saturated rings. The van der Waals surface area contributed by atoms with Gasteiger partial charge in [-0.05, 0) is 64.6 Å². The summed E-state index contributed by atoms with van der Waals surface area (Å²) in [4.78, 5) is 0. The topological polar surface area (TPSA) is 48.3 Å². The molecule has 0 aliphatic rings. The molecule has 179 valence electrons. The first kappa shape index (κ1) is 22.0. The van der Waals surface area contributed by atoms with Gasteiger partial charge < -0.3 is 9.09 Å². The van der Waals surface area contributed by atoms with Crippen LogP contribution in [0.25, 0.3) is 54.8 Å². The minimum absolute atomic E-state index is 0. The molecular formula is C31H19IrN4O-. The van der Waals surface area contributed by atoms with Gasteiger partial charge in [-0.2, -0.15) is 5.10 Å². The minimum Gasteiger partial charge on any atom is -0.478 e. The van der Waals surface area contributed by atoms with Crippen LogP contribution in [-0.2, 0) is 26.5 Å². The Labute approximate surface area is 225 Å². The molecule has 1 radical (unpaired) electrons. The Kier molecular flexibility index (Phi) is 5.00. The number of para-hydroxylation sites is 2. The van der Waals surface area contributed by atoms with Gasteiger partial charge in [0.25, 0.3) is 0 Å². The molecule has 0 saturated carbocycles. The van der Waals surface area contributed by atoms with E-state index >= 15 is 0 Å². The molecule has 4 aromatic carbocycles. The second kappa shape index (κ2) is 8.41. The average molecular weight is 656 g/mol. The third-order valence-corrected chi connectivity index (χ3v) is 7.07. The zero-order valence-corrected chi connectivity index (χ0v) is 21.9. The molecule has 0 aliphatic heterocycles. The molecule has 0 bridgehead atoms. The van der Waals surface area contributed by atoms with E-state index in [4.69, 9.17) is 9.62 Å². The maximum Gasteiger partial charge on any atom is 0.0701 e. The van der Waals surface area contributed by atoms with E-state index in [0.29, 0.717) is 0 Å². The zero-order valence-electron chi connectivity index (χ0n) is 19.6. The molecule has 0 atom stereocenters. The first-order valence-electron chi connectivity index (χ1n) is 12.0. The van der Waals surface area contributed by atoms with Crippen molar-refractivity contribution >= 4 is 49.1 Å². The number of aromatic nitrogens is 4. The third kappa shape index (κ3) is 3.27. The Hall–Kier alpha value is -4.25. The fourth-order valence-electron chi connectivity index (χ4n) is 5.51. The number of benzene rings is 4. The monoisotopic (exact) mass is 656 g/mol. The fourth-order valence-corrected chi connectivity index (χ4v) is 5.51. The Morgan fingerprint density at radius 2 is 1.38 bits per heavy atom. The summed E-state index contributed by atoms with van der Waals surface area (Å²) in [5, 5.41) is 13.8. The Morgan fingerprint density at radius 3 is 2.22 bits per heavy atom. The Morgan fingerprint density at radius 1 is 0.676 bits per heavy atom. The number of hydrogen-bond acceptors (Lipinski definition) is 3. The number of pyridine rings is 1. The van der Waals surface area contributed by atoms with Gasteiger partial charge in [0.1, 0.15) is 0 Å². The second-order valence-corrected chi connectivity index (χ2v) is 9.18. The predicted molar refractivity (Wildman–Crippen MR) is 143 cm³/mol. The molecule has 6 heteroatoms. The van der Waals surface area contributed by atoms with Gasteiger partial charge in [-0.3, -0.25) is 4.52 Å². The van der Waals surface area contributed by atoms with Crippen molar-refractivity contribution in [2.24, 2.45) is 0 Å². The molecule has 8 aromatic rings. The summed E-state index contributed by atoms with van der Waals surface area (Å²) in [6, 6.07) is 36.3. The number of nitrogens with zero attached hydrogens (tertiary/aromatic N) is 4. The van der Waals surface area contributed by atoms with Gasteiger partial charge in [0.05, 0.1) is 22.2 Å². The molecule has 8 rings (SSSR count). The molecule has 5 nitrogen and oxygen atoms in total. The second-order valence-electron chi connectivity index (χ2n) is 9.18. The summed E-state index contributed by atoms with van der Waals surface area (Å²) in [6.07, 6.45) is 3.63. The molecule has 0 N–H and O–H groups in total. The summed E-state index contributed by atoms with van der Waals surface area (Å²) in [5.74, 6) is 0. The van der Waals surface area contributed by atoms with Crippen LogP contribution in [0.1, 0.15) is 11.3 Å². The van der Waals surface area contributed by atoms with E-state index in [-0.39, 0.29) is 20.1 Å². The predicted octanol–water partition coefficient (Wildman–Crippen LogP) is 7.11. The molecule has 0 spiro atoms.